The number of carbonyl (C=O) groups excluding carboxylic acids is 3. The Hall–Kier alpha value is -2.97. The number of para-hydroxylation sites is 1. The third kappa shape index (κ3) is 7.58. The smallest absolute Gasteiger partial charge is 0.431 e. The van der Waals surface area contributed by atoms with Gasteiger partial charge in [0.25, 0.3) is 0 Å². The second-order valence-electron chi connectivity index (χ2n) is 5.03. The Kier molecular flexibility index (Phi) is 5.99. The highest BCUT2D eigenvalue weighted by Gasteiger charge is 2.16. The summed E-state index contributed by atoms with van der Waals surface area (Å²) >= 11 is 0. The molecule has 120 valence electrons. The van der Waals surface area contributed by atoms with Crippen LogP contribution in [-0.4, -0.2) is 23.8 Å². The van der Waals surface area contributed by atoms with Crippen LogP contribution in [0.1, 0.15) is 20.8 Å². The normalized spacial score (nSPS) is 10.1. The van der Waals surface area contributed by atoms with Crippen LogP contribution in [0.3, 0.4) is 0 Å². The van der Waals surface area contributed by atoms with Crippen molar-refractivity contribution >= 4 is 18.2 Å². The minimum absolute atomic E-state index is 0.314. The van der Waals surface area contributed by atoms with E-state index in [9.17, 15) is 14.4 Å². The molecule has 4 N–H and O–H groups in total. The molecule has 4 amide bonds. The quantitative estimate of drug-likeness (QED) is 0.585. The van der Waals surface area contributed by atoms with Crippen molar-refractivity contribution in [2.45, 2.75) is 26.4 Å². The highest BCUT2D eigenvalue weighted by atomic mass is 16.6. The number of benzene rings is 1. The number of hydrogen-bond acceptors (Lipinski definition) is 5. The molecule has 0 saturated heterocycles. The van der Waals surface area contributed by atoms with Crippen LogP contribution >= 0.6 is 0 Å². The highest BCUT2D eigenvalue weighted by Crippen LogP contribution is 2.07. The molecule has 0 aliphatic carbocycles. The molecule has 0 heterocycles. The van der Waals surface area contributed by atoms with Crippen molar-refractivity contribution in [2.24, 2.45) is 0 Å². The number of hydrazine groups is 2. The van der Waals surface area contributed by atoms with Crippen LogP contribution in [0.25, 0.3) is 0 Å². The maximum Gasteiger partial charge on any atom is 0.431 e. The van der Waals surface area contributed by atoms with Gasteiger partial charge in [-0.1, -0.05) is 18.2 Å². The average Bonchev–Trinajstić information content (AvgIpc) is 2.42. The maximum atomic E-state index is 11.4. The molecule has 1 aromatic carbocycles. The number of rotatable bonds is 1. The summed E-state index contributed by atoms with van der Waals surface area (Å²) in [6.07, 6.45) is -1.73. The maximum absolute atomic E-state index is 11.4. The minimum Gasteiger partial charge on any atom is -0.443 e. The van der Waals surface area contributed by atoms with Gasteiger partial charge in [-0.25, -0.2) is 36.1 Å². The van der Waals surface area contributed by atoms with Gasteiger partial charge in [-0.15, -0.1) is 0 Å². The molecule has 0 unspecified atom stereocenters. The van der Waals surface area contributed by atoms with E-state index in [0.29, 0.717) is 5.75 Å². The van der Waals surface area contributed by atoms with Gasteiger partial charge in [-0.2, -0.15) is 0 Å². The Balaban J connectivity index is 2.23. The molecule has 0 saturated carbocycles. The zero-order chi connectivity index (χ0) is 16.6. The summed E-state index contributed by atoms with van der Waals surface area (Å²) in [4.78, 5) is 33.9. The van der Waals surface area contributed by atoms with Gasteiger partial charge in [0.2, 0.25) is 0 Å². The van der Waals surface area contributed by atoms with Crippen LogP contribution < -0.4 is 26.4 Å². The highest BCUT2D eigenvalue weighted by molar-refractivity contribution is 5.80. The molecule has 22 heavy (non-hydrogen) atoms. The monoisotopic (exact) mass is 310 g/mol. The fourth-order valence-electron chi connectivity index (χ4n) is 1.17. The summed E-state index contributed by atoms with van der Waals surface area (Å²) < 4.78 is 9.74. The van der Waals surface area contributed by atoms with Crippen molar-refractivity contribution in [1.82, 2.24) is 21.7 Å². The molecular weight excluding hydrogens is 292 g/mol. The van der Waals surface area contributed by atoms with Gasteiger partial charge in [-0.3, -0.25) is 0 Å². The van der Waals surface area contributed by atoms with E-state index in [2.05, 4.69) is 0 Å². The Morgan fingerprint density at radius 1 is 0.864 bits per heavy atom. The SMILES string of the molecule is CC(C)(C)OC(=O)NNC(=O)NNC(=O)Oc1ccccc1. The van der Waals surface area contributed by atoms with Crippen molar-refractivity contribution < 1.29 is 23.9 Å². The molecular formula is C13H18N4O5. The van der Waals surface area contributed by atoms with Gasteiger partial charge in [0.1, 0.15) is 11.4 Å². The molecule has 0 fully saturated rings. The average molecular weight is 310 g/mol. The van der Waals surface area contributed by atoms with Crippen molar-refractivity contribution in [1.29, 1.82) is 0 Å². The lowest BCUT2D eigenvalue weighted by atomic mass is 10.2. The van der Waals surface area contributed by atoms with E-state index >= 15 is 0 Å². The third-order valence-corrected chi connectivity index (χ3v) is 1.91. The number of urea groups is 1. The lowest BCUT2D eigenvalue weighted by Crippen LogP contribution is -2.53. The van der Waals surface area contributed by atoms with Gasteiger partial charge in [0.15, 0.2) is 0 Å². The van der Waals surface area contributed by atoms with Gasteiger partial charge >= 0.3 is 18.2 Å². The van der Waals surface area contributed by atoms with E-state index in [1.54, 1.807) is 51.1 Å². The predicted octanol–water partition coefficient (Wildman–Crippen LogP) is 1.43. The molecule has 0 aliphatic heterocycles. The van der Waals surface area contributed by atoms with Crippen LogP contribution in [0.15, 0.2) is 30.3 Å². The number of carbonyl (C=O) groups is 3. The summed E-state index contributed by atoms with van der Waals surface area (Å²) in [5, 5.41) is 0. The van der Waals surface area contributed by atoms with Crippen LogP contribution in [0.4, 0.5) is 14.4 Å². The molecule has 0 bridgehead atoms. The zero-order valence-electron chi connectivity index (χ0n) is 12.4. The first kappa shape index (κ1) is 17.1. The number of amides is 4. The molecule has 0 radical (unpaired) electrons. The van der Waals surface area contributed by atoms with Gasteiger partial charge in [0.05, 0.1) is 0 Å². The van der Waals surface area contributed by atoms with Crippen LogP contribution in [0.5, 0.6) is 5.75 Å². The summed E-state index contributed by atoms with van der Waals surface area (Å²) in [5.74, 6) is 0.314. The first-order valence-electron chi connectivity index (χ1n) is 6.34. The van der Waals surface area contributed by atoms with Crippen LogP contribution in [-0.2, 0) is 4.74 Å². The third-order valence-electron chi connectivity index (χ3n) is 1.91. The molecule has 0 aromatic heterocycles. The lowest BCUT2D eigenvalue weighted by molar-refractivity contribution is 0.0504. The number of nitrogens with one attached hydrogen (secondary N) is 4. The van der Waals surface area contributed by atoms with Gasteiger partial charge < -0.3 is 9.47 Å². The Morgan fingerprint density at radius 3 is 1.95 bits per heavy atom. The second kappa shape index (κ2) is 7.72. The Bertz CT molecular complexity index is 527. The molecule has 0 aliphatic rings. The van der Waals surface area contributed by atoms with E-state index in [1.165, 1.54) is 0 Å². The van der Waals surface area contributed by atoms with E-state index in [0.717, 1.165) is 0 Å². The molecule has 9 nitrogen and oxygen atoms in total. The predicted molar refractivity (Wildman–Crippen MR) is 76.6 cm³/mol. The second-order valence-corrected chi connectivity index (χ2v) is 5.03. The van der Waals surface area contributed by atoms with Crippen LogP contribution in [0, 0.1) is 0 Å². The summed E-state index contributed by atoms with van der Waals surface area (Å²) in [6, 6.07) is 7.41. The first-order valence-corrected chi connectivity index (χ1v) is 6.34. The Labute approximate surface area is 127 Å². The largest absolute Gasteiger partial charge is 0.443 e. The van der Waals surface area contributed by atoms with Crippen LogP contribution in [0.2, 0.25) is 0 Å². The van der Waals surface area contributed by atoms with E-state index in [4.69, 9.17) is 9.47 Å². The topological polar surface area (TPSA) is 118 Å². The lowest BCUT2D eigenvalue weighted by Gasteiger charge is -2.19. The van der Waals surface area contributed by atoms with Gasteiger partial charge in [0, 0.05) is 0 Å². The summed E-state index contributed by atoms with van der Waals surface area (Å²) in [7, 11) is 0. The summed E-state index contributed by atoms with van der Waals surface area (Å²) in [6.45, 7) is 5.02. The van der Waals surface area contributed by atoms with Crippen molar-refractivity contribution in [3.63, 3.8) is 0 Å². The van der Waals surface area contributed by atoms with E-state index in [1.807, 2.05) is 21.7 Å². The number of hydrogen-bond donors (Lipinski definition) is 4. The zero-order valence-corrected chi connectivity index (χ0v) is 12.4. The molecule has 9 heteroatoms. The van der Waals surface area contributed by atoms with Crippen molar-refractivity contribution in [2.75, 3.05) is 0 Å². The van der Waals surface area contributed by atoms with E-state index < -0.39 is 23.8 Å². The summed E-state index contributed by atoms with van der Waals surface area (Å²) in [5.41, 5.74) is 7.25. The molecule has 0 atom stereocenters. The van der Waals surface area contributed by atoms with Crippen molar-refractivity contribution in [3.8, 4) is 5.75 Å². The van der Waals surface area contributed by atoms with E-state index in [-0.39, 0.29) is 0 Å². The minimum atomic E-state index is -0.890. The molecule has 0 spiro atoms. The Morgan fingerprint density at radius 2 is 1.41 bits per heavy atom. The van der Waals surface area contributed by atoms with Gasteiger partial charge in [-0.05, 0) is 32.9 Å². The molecule has 1 rings (SSSR count). The van der Waals surface area contributed by atoms with Crippen molar-refractivity contribution in [3.05, 3.63) is 30.3 Å². The molecule has 1 aromatic rings. The first-order chi connectivity index (χ1) is 10.3. The fraction of sp³-hybridized carbons (Fsp3) is 0.308. The number of ether oxygens (including phenoxy) is 2. The fourth-order valence-corrected chi connectivity index (χ4v) is 1.17. The standard InChI is InChI=1S/C13H18N4O5/c1-13(2,3)22-12(20)17-15-10(18)14-16-11(19)21-9-7-5-4-6-8-9/h4-8H,1-3H3,(H,16,19)(H,17,20)(H2,14,15,18).